The molecule has 1 aliphatic carbocycles. The molecule has 0 unspecified atom stereocenters. The Balaban J connectivity index is 2.08. The van der Waals surface area contributed by atoms with E-state index in [9.17, 15) is 4.79 Å². The molecule has 4 nitrogen and oxygen atoms in total. The Morgan fingerprint density at radius 2 is 1.95 bits per heavy atom. The SMILES string of the molecule is O=C(O)c1nc(C2(c3ccccc3)CC2)ncc1Br. The lowest BCUT2D eigenvalue weighted by Crippen LogP contribution is -2.16. The number of carboxylic acids is 1. The highest BCUT2D eigenvalue weighted by Gasteiger charge is 2.48. The van der Waals surface area contributed by atoms with Crippen LogP contribution in [-0.2, 0) is 5.41 Å². The maximum Gasteiger partial charge on any atom is 0.355 e. The number of halogens is 1. The summed E-state index contributed by atoms with van der Waals surface area (Å²) in [4.78, 5) is 19.7. The summed E-state index contributed by atoms with van der Waals surface area (Å²) in [5.74, 6) is -0.446. The van der Waals surface area contributed by atoms with Crippen molar-refractivity contribution in [3.8, 4) is 0 Å². The van der Waals surface area contributed by atoms with Gasteiger partial charge < -0.3 is 5.11 Å². The number of aromatic carboxylic acids is 1. The van der Waals surface area contributed by atoms with Crippen LogP contribution in [0.5, 0.6) is 0 Å². The third kappa shape index (κ3) is 2.04. The molecule has 0 atom stereocenters. The number of benzene rings is 1. The van der Waals surface area contributed by atoms with E-state index >= 15 is 0 Å². The topological polar surface area (TPSA) is 63.1 Å². The van der Waals surface area contributed by atoms with Gasteiger partial charge in [0.25, 0.3) is 0 Å². The summed E-state index contributed by atoms with van der Waals surface area (Å²) < 4.78 is 0.410. The van der Waals surface area contributed by atoms with E-state index in [0.717, 1.165) is 18.4 Å². The molecule has 0 aliphatic heterocycles. The summed E-state index contributed by atoms with van der Waals surface area (Å²) in [5.41, 5.74) is 0.965. The normalized spacial score (nSPS) is 16.1. The molecule has 2 aromatic rings. The zero-order valence-corrected chi connectivity index (χ0v) is 11.6. The van der Waals surface area contributed by atoms with E-state index in [0.29, 0.717) is 10.3 Å². The fourth-order valence-corrected chi connectivity index (χ4v) is 2.63. The largest absolute Gasteiger partial charge is 0.476 e. The Bertz CT molecular complexity index is 639. The molecule has 19 heavy (non-hydrogen) atoms. The first-order chi connectivity index (χ1) is 9.13. The monoisotopic (exact) mass is 318 g/mol. The van der Waals surface area contributed by atoms with Gasteiger partial charge in [0.15, 0.2) is 5.69 Å². The van der Waals surface area contributed by atoms with Gasteiger partial charge in [0.1, 0.15) is 5.82 Å². The molecule has 5 heteroatoms. The van der Waals surface area contributed by atoms with Crippen LogP contribution in [0.25, 0.3) is 0 Å². The molecule has 1 fully saturated rings. The first-order valence-corrected chi connectivity index (χ1v) is 6.75. The number of carboxylic acid groups (broad SMARTS) is 1. The van der Waals surface area contributed by atoms with E-state index in [1.807, 2.05) is 30.3 Å². The van der Waals surface area contributed by atoms with Gasteiger partial charge in [-0.15, -0.1) is 0 Å². The van der Waals surface area contributed by atoms with E-state index in [4.69, 9.17) is 5.11 Å². The fraction of sp³-hybridized carbons (Fsp3) is 0.214. The van der Waals surface area contributed by atoms with Gasteiger partial charge in [0.2, 0.25) is 0 Å². The van der Waals surface area contributed by atoms with Crippen LogP contribution < -0.4 is 0 Å². The lowest BCUT2D eigenvalue weighted by atomic mass is 9.95. The summed E-state index contributed by atoms with van der Waals surface area (Å²) in [6, 6.07) is 10.0. The van der Waals surface area contributed by atoms with Crippen molar-refractivity contribution in [3.63, 3.8) is 0 Å². The highest BCUT2D eigenvalue weighted by molar-refractivity contribution is 9.10. The van der Waals surface area contributed by atoms with E-state index in [2.05, 4.69) is 25.9 Å². The molecule has 0 spiro atoms. The molecule has 1 aliphatic rings. The average Bonchev–Trinajstić information content (AvgIpc) is 3.21. The Labute approximate surface area is 118 Å². The van der Waals surface area contributed by atoms with Gasteiger partial charge in [-0.1, -0.05) is 30.3 Å². The Kier molecular flexibility index (Phi) is 2.86. The smallest absolute Gasteiger partial charge is 0.355 e. The van der Waals surface area contributed by atoms with Crippen LogP contribution in [0.3, 0.4) is 0 Å². The number of aromatic nitrogens is 2. The van der Waals surface area contributed by atoms with Gasteiger partial charge >= 0.3 is 5.97 Å². The molecule has 1 aromatic heterocycles. The van der Waals surface area contributed by atoms with Crippen LogP contribution in [-0.4, -0.2) is 21.0 Å². The van der Waals surface area contributed by atoms with Crippen molar-refractivity contribution >= 4 is 21.9 Å². The molecule has 1 saturated carbocycles. The zero-order valence-electron chi connectivity index (χ0n) is 10.0. The minimum absolute atomic E-state index is 0.0206. The maximum atomic E-state index is 11.1. The van der Waals surface area contributed by atoms with Crippen LogP contribution in [0, 0.1) is 0 Å². The zero-order chi connectivity index (χ0) is 13.5. The highest BCUT2D eigenvalue weighted by Crippen LogP contribution is 2.52. The van der Waals surface area contributed by atoms with Crippen LogP contribution in [0.15, 0.2) is 41.0 Å². The molecule has 3 rings (SSSR count). The lowest BCUT2D eigenvalue weighted by Gasteiger charge is -2.14. The molecule has 0 saturated heterocycles. The second kappa shape index (κ2) is 4.42. The number of hydrogen-bond donors (Lipinski definition) is 1. The van der Waals surface area contributed by atoms with Gasteiger partial charge in [-0.05, 0) is 34.3 Å². The predicted molar refractivity (Wildman–Crippen MR) is 73.1 cm³/mol. The first kappa shape index (κ1) is 12.3. The summed E-state index contributed by atoms with van der Waals surface area (Å²) in [6.45, 7) is 0. The summed E-state index contributed by atoms with van der Waals surface area (Å²) in [5, 5.41) is 9.13. The molecule has 1 aromatic carbocycles. The summed E-state index contributed by atoms with van der Waals surface area (Å²) in [7, 11) is 0. The second-order valence-electron chi connectivity index (χ2n) is 4.64. The van der Waals surface area contributed by atoms with Gasteiger partial charge in [-0.2, -0.15) is 0 Å². The number of rotatable bonds is 3. The van der Waals surface area contributed by atoms with Crippen molar-refractivity contribution in [3.05, 3.63) is 58.1 Å². The van der Waals surface area contributed by atoms with Gasteiger partial charge in [-0.25, -0.2) is 14.8 Å². The molecule has 1 heterocycles. The number of carbonyl (C=O) groups is 1. The van der Waals surface area contributed by atoms with E-state index in [1.165, 1.54) is 6.20 Å². The fourth-order valence-electron chi connectivity index (χ4n) is 2.27. The minimum atomic E-state index is -1.04. The molecular weight excluding hydrogens is 308 g/mol. The van der Waals surface area contributed by atoms with E-state index in [1.54, 1.807) is 0 Å². The molecule has 96 valence electrons. The van der Waals surface area contributed by atoms with Crippen molar-refractivity contribution in [2.75, 3.05) is 0 Å². The second-order valence-corrected chi connectivity index (χ2v) is 5.50. The standard InChI is InChI=1S/C14H11BrN2O2/c15-10-8-16-13(17-11(10)12(18)19)14(6-7-14)9-4-2-1-3-5-9/h1-5,8H,6-7H2,(H,18,19). The average molecular weight is 319 g/mol. The number of hydrogen-bond acceptors (Lipinski definition) is 3. The Morgan fingerprint density at radius 1 is 1.26 bits per heavy atom. The first-order valence-electron chi connectivity index (χ1n) is 5.95. The van der Waals surface area contributed by atoms with Gasteiger partial charge in [0.05, 0.1) is 9.89 Å². The molecule has 0 bridgehead atoms. The Hall–Kier alpha value is -1.75. The van der Waals surface area contributed by atoms with Crippen molar-refractivity contribution < 1.29 is 9.90 Å². The third-order valence-electron chi connectivity index (χ3n) is 3.45. The van der Waals surface area contributed by atoms with Crippen molar-refractivity contribution in [1.29, 1.82) is 0 Å². The van der Waals surface area contributed by atoms with Crippen molar-refractivity contribution in [1.82, 2.24) is 9.97 Å². The number of nitrogens with zero attached hydrogens (tertiary/aromatic N) is 2. The van der Waals surface area contributed by atoms with Gasteiger partial charge in [0, 0.05) is 6.20 Å². The summed E-state index contributed by atoms with van der Waals surface area (Å²) >= 11 is 3.17. The lowest BCUT2D eigenvalue weighted by molar-refractivity contribution is 0.0688. The van der Waals surface area contributed by atoms with Gasteiger partial charge in [-0.3, -0.25) is 0 Å². The summed E-state index contributed by atoms with van der Waals surface area (Å²) in [6.07, 6.45) is 3.43. The molecule has 0 amide bonds. The maximum absolute atomic E-state index is 11.1. The quantitative estimate of drug-likeness (QED) is 0.944. The van der Waals surface area contributed by atoms with Crippen molar-refractivity contribution in [2.24, 2.45) is 0 Å². The molecular formula is C14H11BrN2O2. The van der Waals surface area contributed by atoms with E-state index in [-0.39, 0.29) is 11.1 Å². The van der Waals surface area contributed by atoms with Crippen LogP contribution in [0.1, 0.15) is 34.7 Å². The molecule has 0 radical (unpaired) electrons. The Morgan fingerprint density at radius 3 is 2.53 bits per heavy atom. The van der Waals surface area contributed by atoms with Crippen molar-refractivity contribution in [2.45, 2.75) is 18.3 Å². The minimum Gasteiger partial charge on any atom is -0.476 e. The highest BCUT2D eigenvalue weighted by atomic mass is 79.9. The van der Waals surface area contributed by atoms with Crippen LogP contribution in [0.4, 0.5) is 0 Å². The molecule has 1 N–H and O–H groups in total. The van der Waals surface area contributed by atoms with Crippen LogP contribution in [0.2, 0.25) is 0 Å². The van der Waals surface area contributed by atoms with E-state index < -0.39 is 5.97 Å². The third-order valence-corrected chi connectivity index (χ3v) is 4.03. The van der Waals surface area contributed by atoms with Crippen LogP contribution >= 0.6 is 15.9 Å². The predicted octanol–water partition coefficient (Wildman–Crippen LogP) is 3.02.